The van der Waals surface area contributed by atoms with E-state index in [2.05, 4.69) is 35.8 Å². The van der Waals surface area contributed by atoms with Crippen LogP contribution in [0.15, 0.2) is 49.6 Å². The Balaban J connectivity index is -0.0000000467. The van der Waals surface area contributed by atoms with Gasteiger partial charge in [-0.2, -0.15) is 24.0 Å². The largest absolute Gasteiger partial charge is 0.466 e. The smallest absolute Gasteiger partial charge is 0.309 e. The van der Waals surface area contributed by atoms with Gasteiger partial charge in [0.15, 0.2) is 0 Å². The summed E-state index contributed by atoms with van der Waals surface area (Å²) in [6.07, 6.45) is 10.5. The molecule has 0 aliphatic carbocycles. The van der Waals surface area contributed by atoms with Gasteiger partial charge in [0.05, 0.1) is 25.2 Å². The van der Waals surface area contributed by atoms with Gasteiger partial charge in [0.1, 0.15) is 17.3 Å². The van der Waals surface area contributed by atoms with Crippen molar-refractivity contribution in [1.29, 1.82) is 10.5 Å². The summed E-state index contributed by atoms with van der Waals surface area (Å²) in [5.41, 5.74) is 0. The minimum Gasteiger partial charge on any atom is -0.466 e. The molecule has 0 rings (SSSR count). The number of carbonyl (C=O) groups excluding carboxylic acids is 4. The van der Waals surface area contributed by atoms with Crippen molar-refractivity contribution in [3.63, 3.8) is 0 Å². The van der Waals surface area contributed by atoms with Gasteiger partial charge in [-0.3, -0.25) is 19.2 Å². The zero-order valence-electron chi connectivity index (χ0n) is 20.0. The van der Waals surface area contributed by atoms with Crippen molar-refractivity contribution in [2.75, 3.05) is 6.61 Å². The van der Waals surface area contributed by atoms with Gasteiger partial charge in [0.25, 0.3) is 0 Å². The minimum absolute atomic E-state index is 0. The quantitative estimate of drug-likeness (QED) is 0.153. The zero-order chi connectivity index (χ0) is 26.2. The average Bonchev–Trinajstić information content (AvgIpc) is 2.74. The number of nitriles is 2. The Morgan fingerprint density at radius 3 is 1.50 bits per heavy atom. The third-order valence-corrected chi connectivity index (χ3v) is 2.28. The lowest BCUT2D eigenvalue weighted by Gasteiger charge is -1.95. The summed E-state index contributed by atoms with van der Waals surface area (Å²) in [6, 6.07) is 3.48. The lowest BCUT2D eigenvalue weighted by molar-refractivity contribution is -0.142. The van der Waals surface area contributed by atoms with Crippen molar-refractivity contribution in [1.82, 2.24) is 0 Å². The van der Waals surface area contributed by atoms with E-state index in [0.717, 1.165) is 0 Å². The number of hydrogen-bond acceptors (Lipinski definition) is 7. The first-order chi connectivity index (χ1) is 15.1. The molecule has 0 aliphatic rings. The lowest BCUT2D eigenvalue weighted by atomic mass is 10.3. The predicted octanol–water partition coefficient (Wildman–Crippen LogP) is 6.01. The molecule has 0 heterocycles. The number of allylic oxidation sites excluding steroid dienone is 5. The summed E-state index contributed by atoms with van der Waals surface area (Å²) in [5.74, 6) is 0.0916. The molecule has 0 aliphatic heterocycles. The highest BCUT2D eigenvalue weighted by Gasteiger charge is 1.95. The van der Waals surface area contributed by atoms with E-state index in [4.69, 9.17) is 10.5 Å². The van der Waals surface area contributed by atoms with E-state index in [-0.39, 0.29) is 52.1 Å². The van der Waals surface area contributed by atoms with Crippen molar-refractivity contribution in [2.24, 2.45) is 0 Å². The topological polar surface area (TPSA) is 125 Å². The van der Waals surface area contributed by atoms with Crippen molar-refractivity contribution < 1.29 is 25.3 Å². The highest BCUT2D eigenvalue weighted by Crippen LogP contribution is 1.91. The predicted molar refractivity (Wildman–Crippen MR) is 156 cm³/mol. The van der Waals surface area contributed by atoms with Crippen LogP contribution < -0.4 is 0 Å². The number of ketones is 3. The maximum Gasteiger partial charge on any atom is 0.309 e. The SMILES string of the molecule is C.C=CC#N.C=CCC(C)=O.CC(=O)CC=CC#N.CCOC(=O)CC=CCC(C)=O.PP.S.[2HH]. The molecule has 0 amide bonds. The molecule has 10 heteroatoms. The van der Waals surface area contributed by atoms with E-state index in [1.54, 1.807) is 50.3 Å². The standard InChI is InChI=1S/C9H14O3.C6H7NO.C5H8O.C3H3N.CH4.H4P2.H2S.H2/c1-3-12-9(11)7-5-4-6-8(2)10;1-6(8)4-2-3-5-7;1-3-4-5(2)6;1-2-3-4;;1-2;;/h4-5H,3,6-7H2,1-2H3;2-3H,4H2,1H3;3H,1,4H2,2H3;2H,1H2;1H4;1-2H2;1H2;1H/i;;;;;;;1+1. The fourth-order valence-corrected chi connectivity index (χ4v) is 1.13. The van der Waals surface area contributed by atoms with Gasteiger partial charge in [-0.1, -0.05) is 38.3 Å². The van der Waals surface area contributed by atoms with Gasteiger partial charge in [-0.15, -0.1) is 24.4 Å². The van der Waals surface area contributed by atoms with Gasteiger partial charge in [0.2, 0.25) is 0 Å². The molecule has 0 aromatic heterocycles. The summed E-state index contributed by atoms with van der Waals surface area (Å²) in [4.78, 5) is 41.3. The summed E-state index contributed by atoms with van der Waals surface area (Å²) in [7, 11) is 4.67. The third kappa shape index (κ3) is 87.8. The van der Waals surface area contributed by atoms with Crippen LogP contribution >= 0.6 is 31.4 Å². The normalized spacial score (nSPS) is 7.65. The van der Waals surface area contributed by atoms with Gasteiger partial charge in [0, 0.05) is 32.8 Å². The maximum atomic E-state index is 10.7. The number of ether oxygens (including phenoxy) is 1. The summed E-state index contributed by atoms with van der Waals surface area (Å²) < 4.78 is 4.67. The summed E-state index contributed by atoms with van der Waals surface area (Å²) in [6.45, 7) is 13.2. The molecule has 2 atom stereocenters. The molecule has 0 aromatic rings. The second-order valence-corrected chi connectivity index (χ2v) is 5.35. The van der Waals surface area contributed by atoms with Crippen molar-refractivity contribution >= 4 is 54.7 Å². The molecule has 2 unspecified atom stereocenters. The van der Waals surface area contributed by atoms with E-state index in [0.29, 0.717) is 25.9 Å². The van der Waals surface area contributed by atoms with Crippen LogP contribution in [0.1, 0.15) is 62.2 Å². The third-order valence-electron chi connectivity index (χ3n) is 2.28. The molecule has 0 fully saturated rings. The molecular formula is C24H44N2O5P2S. The Bertz CT molecular complexity index is 686. The second-order valence-electron chi connectivity index (χ2n) is 5.35. The number of carbonyl (C=O) groups is 4. The van der Waals surface area contributed by atoms with E-state index in [1.165, 1.54) is 26.0 Å². The number of Topliss-reactive ketones (excluding diaryl/α,β-unsaturated/α-hetero) is 3. The summed E-state index contributed by atoms with van der Waals surface area (Å²) >= 11 is 0. The van der Waals surface area contributed by atoms with Gasteiger partial charge >= 0.3 is 5.97 Å². The molecule has 0 spiro atoms. The van der Waals surface area contributed by atoms with Crippen LogP contribution in [0.4, 0.5) is 0 Å². The van der Waals surface area contributed by atoms with E-state index in [9.17, 15) is 19.2 Å². The molecule has 0 saturated heterocycles. The van der Waals surface area contributed by atoms with Crippen LogP contribution in [0, 0.1) is 22.7 Å². The van der Waals surface area contributed by atoms with E-state index < -0.39 is 0 Å². The molecule has 0 aromatic carbocycles. The Hall–Kier alpha value is -2.37. The Morgan fingerprint density at radius 1 is 0.853 bits per heavy atom. The highest BCUT2D eigenvalue weighted by molar-refractivity contribution is 7.92. The number of rotatable bonds is 9. The molecule has 7 nitrogen and oxygen atoms in total. The number of hydrogen-bond donors (Lipinski definition) is 0. The Labute approximate surface area is 219 Å². The lowest BCUT2D eigenvalue weighted by Crippen LogP contribution is -2.01. The number of nitrogens with zero attached hydrogens (tertiary/aromatic N) is 2. The van der Waals surface area contributed by atoms with E-state index in [1.807, 2.05) is 0 Å². The Morgan fingerprint density at radius 2 is 1.24 bits per heavy atom. The molecule has 0 saturated carbocycles. The van der Waals surface area contributed by atoms with Crippen LogP contribution in [0.25, 0.3) is 0 Å². The van der Waals surface area contributed by atoms with Crippen LogP contribution in [-0.2, 0) is 23.9 Å². The first-order valence-corrected chi connectivity index (χ1v) is 12.1. The first-order valence-electron chi connectivity index (χ1n) is 9.40. The maximum absolute atomic E-state index is 10.7. The molecule has 0 bridgehead atoms. The molecule has 34 heavy (non-hydrogen) atoms. The number of esters is 1. The monoisotopic (exact) mass is 535 g/mol. The van der Waals surface area contributed by atoms with Crippen LogP contribution in [0.5, 0.6) is 0 Å². The fraction of sp³-hybridized carbons (Fsp3) is 0.417. The molecule has 0 N–H and O–H groups in total. The van der Waals surface area contributed by atoms with Gasteiger partial charge in [-0.05, 0) is 27.7 Å². The van der Waals surface area contributed by atoms with Crippen molar-refractivity contribution in [2.45, 2.75) is 60.8 Å². The fourth-order valence-electron chi connectivity index (χ4n) is 1.13. The van der Waals surface area contributed by atoms with Crippen molar-refractivity contribution in [3.05, 3.63) is 49.6 Å². The van der Waals surface area contributed by atoms with Gasteiger partial charge < -0.3 is 4.74 Å². The van der Waals surface area contributed by atoms with Gasteiger partial charge in [-0.25, -0.2) is 0 Å². The first kappa shape index (κ1) is 48.9. The van der Waals surface area contributed by atoms with Crippen LogP contribution in [0.3, 0.4) is 0 Å². The highest BCUT2D eigenvalue weighted by atomic mass is 32.1. The Kier molecular flexibility index (Phi) is 69.3. The zero-order valence-corrected chi connectivity index (χ0v) is 23.3. The second kappa shape index (κ2) is 48.2. The minimum atomic E-state index is -0.252. The van der Waals surface area contributed by atoms with Crippen molar-refractivity contribution in [3.8, 4) is 12.1 Å². The van der Waals surface area contributed by atoms with Crippen LogP contribution in [-0.4, -0.2) is 29.9 Å². The molecule has 0 radical (unpaired) electrons. The van der Waals surface area contributed by atoms with E-state index >= 15 is 0 Å². The molecular weight excluding hydrogens is 490 g/mol. The average molecular weight is 536 g/mol. The molecule has 196 valence electrons. The summed E-state index contributed by atoms with van der Waals surface area (Å²) in [5, 5.41) is 15.4. The van der Waals surface area contributed by atoms with Crippen LogP contribution in [0.2, 0.25) is 0 Å².